The number of allylic oxidation sites excluding steroid dienone is 2. The van der Waals surface area contributed by atoms with Gasteiger partial charge >= 0.3 is 0 Å². The van der Waals surface area contributed by atoms with Crippen LogP contribution in [0.4, 0.5) is 0 Å². The molecule has 2 fully saturated rings. The predicted molar refractivity (Wildman–Crippen MR) is 51.3 cm³/mol. The molecule has 0 N–H and O–H groups in total. The first-order chi connectivity index (χ1) is 6.34. The topological polar surface area (TPSA) is 17.1 Å². The molecule has 1 nitrogen and oxygen atoms in total. The van der Waals surface area contributed by atoms with Gasteiger partial charge in [0, 0.05) is 6.42 Å². The highest BCUT2D eigenvalue weighted by atomic mass is 16.1. The van der Waals surface area contributed by atoms with Crippen LogP contribution in [-0.2, 0) is 4.79 Å². The highest BCUT2D eigenvalue weighted by molar-refractivity contribution is 5.91. The van der Waals surface area contributed by atoms with Crippen molar-refractivity contribution in [3.63, 3.8) is 0 Å². The first-order valence-corrected chi connectivity index (χ1v) is 5.59. The van der Waals surface area contributed by atoms with Crippen LogP contribution >= 0.6 is 0 Å². The molecular formula is C12H16O. The number of carbonyl (C=O) groups is 1. The highest BCUT2D eigenvalue weighted by Gasteiger charge is 2.42. The number of carbonyl (C=O) groups excluding carboxylic acids is 1. The van der Waals surface area contributed by atoms with Gasteiger partial charge in [0.25, 0.3) is 0 Å². The maximum atomic E-state index is 11.3. The fraction of sp³-hybridized carbons (Fsp3) is 0.750. The van der Waals surface area contributed by atoms with Crippen molar-refractivity contribution in [1.82, 2.24) is 0 Å². The van der Waals surface area contributed by atoms with Crippen molar-refractivity contribution in [2.24, 2.45) is 17.8 Å². The zero-order valence-electron chi connectivity index (χ0n) is 7.96. The monoisotopic (exact) mass is 176 g/mol. The Balaban J connectivity index is 1.94. The third-order valence-electron chi connectivity index (χ3n) is 4.21. The molecule has 0 heterocycles. The molecule has 3 aliphatic carbocycles. The number of rotatable bonds is 0. The van der Waals surface area contributed by atoms with Crippen LogP contribution < -0.4 is 0 Å². The fourth-order valence-corrected chi connectivity index (χ4v) is 3.65. The molecule has 0 aromatic heterocycles. The minimum absolute atomic E-state index is 0.388. The summed E-state index contributed by atoms with van der Waals surface area (Å²) in [6.07, 6.45) is 9.53. The van der Waals surface area contributed by atoms with Crippen LogP contribution in [0.15, 0.2) is 11.6 Å². The summed E-state index contributed by atoms with van der Waals surface area (Å²) < 4.78 is 0. The third kappa shape index (κ3) is 1.09. The molecule has 13 heavy (non-hydrogen) atoms. The third-order valence-corrected chi connectivity index (χ3v) is 4.21. The second kappa shape index (κ2) is 2.70. The Bertz CT molecular complexity index is 277. The fourth-order valence-electron chi connectivity index (χ4n) is 3.65. The average molecular weight is 176 g/mol. The van der Waals surface area contributed by atoms with E-state index in [1.807, 2.05) is 6.08 Å². The van der Waals surface area contributed by atoms with Gasteiger partial charge in [-0.3, -0.25) is 4.79 Å². The van der Waals surface area contributed by atoms with E-state index in [0.717, 1.165) is 30.6 Å². The van der Waals surface area contributed by atoms with Crippen molar-refractivity contribution in [2.45, 2.75) is 38.5 Å². The van der Waals surface area contributed by atoms with Crippen molar-refractivity contribution < 1.29 is 4.79 Å². The quantitative estimate of drug-likeness (QED) is 0.554. The Kier molecular flexibility index (Phi) is 1.61. The van der Waals surface area contributed by atoms with Gasteiger partial charge in [-0.15, -0.1) is 0 Å². The summed E-state index contributed by atoms with van der Waals surface area (Å²) in [5.74, 6) is 2.95. The molecule has 1 heteroatoms. The summed E-state index contributed by atoms with van der Waals surface area (Å²) in [6.45, 7) is 0. The van der Waals surface area contributed by atoms with Crippen LogP contribution in [0, 0.1) is 17.8 Å². The number of fused-ring (bicyclic) bond motifs is 3. The summed E-state index contributed by atoms with van der Waals surface area (Å²) in [4.78, 5) is 11.3. The second-order valence-electron chi connectivity index (χ2n) is 4.88. The summed E-state index contributed by atoms with van der Waals surface area (Å²) in [5.41, 5.74) is 1.54. The first-order valence-electron chi connectivity index (χ1n) is 5.59. The van der Waals surface area contributed by atoms with E-state index in [1.165, 1.54) is 25.7 Å². The molecular weight excluding hydrogens is 160 g/mol. The van der Waals surface area contributed by atoms with Crippen molar-refractivity contribution >= 4 is 5.78 Å². The van der Waals surface area contributed by atoms with E-state index in [-0.39, 0.29) is 0 Å². The van der Waals surface area contributed by atoms with E-state index < -0.39 is 0 Å². The molecule has 0 spiro atoms. The van der Waals surface area contributed by atoms with Gasteiger partial charge in [-0.25, -0.2) is 0 Å². The summed E-state index contributed by atoms with van der Waals surface area (Å²) in [5, 5.41) is 0. The summed E-state index contributed by atoms with van der Waals surface area (Å²) in [6, 6.07) is 0. The van der Waals surface area contributed by atoms with Crippen LogP contribution in [0.1, 0.15) is 38.5 Å². The van der Waals surface area contributed by atoms with Gasteiger partial charge in [0.2, 0.25) is 0 Å². The molecule has 70 valence electrons. The molecule has 0 aromatic carbocycles. The van der Waals surface area contributed by atoms with Gasteiger partial charge < -0.3 is 0 Å². The Hall–Kier alpha value is -0.590. The van der Waals surface area contributed by atoms with E-state index in [1.54, 1.807) is 5.57 Å². The van der Waals surface area contributed by atoms with Crippen molar-refractivity contribution in [3.8, 4) is 0 Å². The standard InChI is InChI=1S/C12H16O/c13-10-5-4-9-6-8-2-1-3-11(8)12(9)7-10/h7-9,11H,1-6H2/t8-,9+,11-/m1/s1. The first kappa shape index (κ1) is 7.78. The minimum Gasteiger partial charge on any atom is -0.295 e. The number of hydrogen-bond acceptors (Lipinski definition) is 1. The highest BCUT2D eigenvalue weighted by Crippen LogP contribution is 2.52. The van der Waals surface area contributed by atoms with Crippen molar-refractivity contribution in [3.05, 3.63) is 11.6 Å². The molecule has 3 aliphatic rings. The second-order valence-corrected chi connectivity index (χ2v) is 4.88. The molecule has 0 aliphatic heterocycles. The molecule has 2 saturated carbocycles. The minimum atomic E-state index is 0.388. The SMILES string of the molecule is O=C1C=C2[C@@H](CC1)C[C@H]1CCC[C@@H]21. The lowest BCUT2D eigenvalue weighted by Gasteiger charge is -2.19. The lowest BCUT2D eigenvalue weighted by molar-refractivity contribution is -0.115. The zero-order valence-corrected chi connectivity index (χ0v) is 7.96. The Morgan fingerprint density at radius 3 is 3.08 bits per heavy atom. The van der Waals surface area contributed by atoms with Gasteiger partial charge in [0.1, 0.15) is 0 Å². The zero-order chi connectivity index (χ0) is 8.84. The molecule has 0 unspecified atom stereocenters. The molecule has 0 radical (unpaired) electrons. The number of hydrogen-bond donors (Lipinski definition) is 0. The van der Waals surface area contributed by atoms with Crippen LogP contribution in [0.25, 0.3) is 0 Å². The van der Waals surface area contributed by atoms with E-state index in [0.29, 0.717) is 5.78 Å². The van der Waals surface area contributed by atoms with E-state index in [4.69, 9.17) is 0 Å². The summed E-state index contributed by atoms with van der Waals surface area (Å²) in [7, 11) is 0. The van der Waals surface area contributed by atoms with Crippen LogP contribution in [0.2, 0.25) is 0 Å². The molecule has 3 atom stereocenters. The Morgan fingerprint density at radius 2 is 2.15 bits per heavy atom. The lowest BCUT2D eigenvalue weighted by Crippen LogP contribution is -2.12. The average Bonchev–Trinajstić information content (AvgIpc) is 2.64. The van der Waals surface area contributed by atoms with E-state index in [2.05, 4.69) is 0 Å². The van der Waals surface area contributed by atoms with E-state index >= 15 is 0 Å². The van der Waals surface area contributed by atoms with Gasteiger partial charge in [0.05, 0.1) is 0 Å². The normalized spacial score (nSPS) is 42.9. The lowest BCUT2D eigenvalue weighted by atomic mass is 9.86. The van der Waals surface area contributed by atoms with Crippen LogP contribution in [0.3, 0.4) is 0 Å². The largest absolute Gasteiger partial charge is 0.295 e. The van der Waals surface area contributed by atoms with Gasteiger partial charge in [-0.1, -0.05) is 12.0 Å². The predicted octanol–water partition coefficient (Wildman–Crippen LogP) is 2.71. The van der Waals surface area contributed by atoms with Gasteiger partial charge in [-0.05, 0) is 49.5 Å². The summed E-state index contributed by atoms with van der Waals surface area (Å²) >= 11 is 0. The molecule has 3 rings (SSSR count). The van der Waals surface area contributed by atoms with Crippen molar-refractivity contribution in [1.29, 1.82) is 0 Å². The van der Waals surface area contributed by atoms with Gasteiger partial charge in [0.15, 0.2) is 5.78 Å². The maximum Gasteiger partial charge on any atom is 0.155 e. The molecule has 0 amide bonds. The number of ketones is 1. The molecule has 0 aromatic rings. The molecule has 0 saturated heterocycles. The molecule has 0 bridgehead atoms. The van der Waals surface area contributed by atoms with Gasteiger partial charge in [-0.2, -0.15) is 0 Å². The van der Waals surface area contributed by atoms with Crippen molar-refractivity contribution in [2.75, 3.05) is 0 Å². The Labute approximate surface area is 79.2 Å². The Morgan fingerprint density at radius 1 is 1.23 bits per heavy atom. The van der Waals surface area contributed by atoms with E-state index in [9.17, 15) is 4.79 Å². The maximum absolute atomic E-state index is 11.3. The van der Waals surface area contributed by atoms with Crippen LogP contribution in [0.5, 0.6) is 0 Å². The smallest absolute Gasteiger partial charge is 0.155 e. The van der Waals surface area contributed by atoms with Crippen LogP contribution in [-0.4, -0.2) is 5.78 Å².